The maximum Gasteiger partial charge on any atom is 2.00 e. The SMILES string of the molecule is CC(=O)O.CCC(=O)O.N.[Ca+2].[H-].[H-]. The number of rotatable bonds is 1. The van der Waals surface area contributed by atoms with Crippen LogP contribution in [0.3, 0.4) is 0 Å². The molecule has 0 bridgehead atoms. The molecule has 0 aliphatic heterocycles. The summed E-state index contributed by atoms with van der Waals surface area (Å²) < 4.78 is 0. The van der Waals surface area contributed by atoms with Gasteiger partial charge in [0.2, 0.25) is 0 Å². The van der Waals surface area contributed by atoms with Crippen molar-refractivity contribution in [2.45, 2.75) is 20.3 Å². The minimum atomic E-state index is -0.833. The molecule has 0 saturated carbocycles. The van der Waals surface area contributed by atoms with Crippen LogP contribution < -0.4 is 6.15 Å². The summed E-state index contributed by atoms with van der Waals surface area (Å²) in [6, 6.07) is 0. The minimum Gasteiger partial charge on any atom is -1.00 e. The quantitative estimate of drug-likeness (QED) is 0.527. The molecule has 5 nitrogen and oxygen atoms in total. The van der Waals surface area contributed by atoms with Crippen molar-refractivity contribution in [1.82, 2.24) is 6.15 Å². The third-order valence-corrected chi connectivity index (χ3v) is 0.302. The van der Waals surface area contributed by atoms with Gasteiger partial charge in [-0.05, 0) is 0 Å². The zero-order valence-corrected chi connectivity index (χ0v) is 9.04. The molecule has 0 aromatic heterocycles. The predicted octanol–water partition coefficient (Wildman–Crippen LogP) is 0.578. The Labute approximate surface area is 98.3 Å². The van der Waals surface area contributed by atoms with Gasteiger partial charge in [-0.1, -0.05) is 6.92 Å². The molecule has 0 amide bonds. The Morgan fingerprint density at radius 3 is 1.45 bits per heavy atom. The second kappa shape index (κ2) is 16.6. The van der Waals surface area contributed by atoms with Gasteiger partial charge < -0.3 is 19.2 Å². The van der Waals surface area contributed by atoms with E-state index >= 15 is 0 Å². The molecule has 0 heterocycles. The van der Waals surface area contributed by atoms with Gasteiger partial charge in [0.1, 0.15) is 0 Å². The van der Waals surface area contributed by atoms with Crippen molar-refractivity contribution in [2.24, 2.45) is 0 Å². The second-order valence-electron chi connectivity index (χ2n) is 1.27. The first kappa shape index (κ1) is 22.5. The van der Waals surface area contributed by atoms with E-state index in [0.717, 1.165) is 6.92 Å². The first-order valence-electron chi connectivity index (χ1n) is 2.42. The van der Waals surface area contributed by atoms with Crippen molar-refractivity contribution in [3.63, 3.8) is 0 Å². The average Bonchev–Trinajstić information content (AvgIpc) is 1.65. The molecule has 0 unspecified atom stereocenters. The predicted molar refractivity (Wildman–Crippen MR) is 44.2 cm³/mol. The van der Waals surface area contributed by atoms with Gasteiger partial charge >= 0.3 is 43.7 Å². The van der Waals surface area contributed by atoms with Gasteiger partial charge in [0, 0.05) is 13.3 Å². The van der Waals surface area contributed by atoms with E-state index in [1.54, 1.807) is 6.92 Å². The van der Waals surface area contributed by atoms with Gasteiger partial charge in [0.05, 0.1) is 0 Å². The number of hydrogen-bond acceptors (Lipinski definition) is 3. The summed E-state index contributed by atoms with van der Waals surface area (Å²) in [5, 5.41) is 15.1. The molecule has 0 radical (unpaired) electrons. The van der Waals surface area contributed by atoms with Gasteiger partial charge in [-0.15, -0.1) is 0 Å². The molecule has 5 N–H and O–H groups in total. The number of aliphatic carboxylic acids is 2. The number of carboxylic acid groups (broad SMARTS) is 2. The van der Waals surface area contributed by atoms with Gasteiger partial charge in [0.15, 0.2) is 0 Å². The third kappa shape index (κ3) is 145. The normalized spacial score (nSPS) is 5.64. The van der Waals surface area contributed by atoms with E-state index in [1.807, 2.05) is 0 Å². The molecule has 0 rings (SSSR count). The van der Waals surface area contributed by atoms with Crippen molar-refractivity contribution in [1.29, 1.82) is 0 Å². The van der Waals surface area contributed by atoms with E-state index in [1.165, 1.54) is 0 Å². The zero-order valence-electron chi connectivity index (χ0n) is 8.83. The van der Waals surface area contributed by atoms with Crippen LogP contribution in [0.1, 0.15) is 23.1 Å². The van der Waals surface area contributed by atoms with E-state index in [0.29, 0.717) is 0 Å². The zero-order chi connectivity index (χ0) is 7.86. The van der Waals surface area contributed by atoms with Gasteiger partial charge in [-0.2, -0.15) is 0 Å². The Hall–Kier alpha value is 0.160. The molecule has 6 heteroatoms. The van der Waals surface area contributed by atoms with E-state index in [9.17, 15) is 4.79 Å². The van der Waals surface area contributed by atoms with Crippen LogP contribution in [0.15, 0.2) is 0 Å². The van der Waals surface area contributed by atoms with Crippen LogP contribution in [0.25, 0.3) is 0 Å². The van der Waals surface area contributed by atoms with Crippen molar-refractivity contribution in [3.8, 4) is 0 Å². The Bertz CT molecular complexity index is 111. The monoisotopic (exact) mass is 193 g/mol. The molecule has 0 aromatic rings. The smallest absolute Gasteiger partial charge is 1.00 e. The Morgan fingerprint density at radius 2 is 1.45 bits per heavy atom. The summed E-state index contributed by atoms with van der Waals surface area (Å²) in [5.41, 5.74) is 0. The Balaban J connectivity index is -0.0000000146. The number of carbonyl (C=O) groups is 2. The standard InChI is InChI=1S/C3H6O2.C2H4O2.Ca.H3N.2H/c1-2-3(4)5;1-2(3)4;;;;/h2H2,1H3,(H,4,5);1H3,(H,3,4);;1H3;;/q;;+2;;2*-1. The molecule has 0 saturated heterocycles. The molecular formula is C5H15CaNO4. The molecular weight excluding hydrogens is 178 g/mol. The Morgan fingerprint density at radius 1 is 1.36 bits per heavy atom. The topological polar surface area (TPSA) is 110 Å². The van der Waals surface area contributed by atoms with Crippen LogP contribution in [0.2, 0.25) is 0 Å². The second-order valence-corrected chi connectivity index (χ2v) is 1.27. The summed E-state index contributed by atoms with van der Waals surface area (Å²) in [6.07, 6.45) is 0.222. The average molecular weight is 193 g/mol. The summed E-state index contributed by atoms with van der Waals surface area (Å²) in [6.45, 7) is 2.68. The maximum absolute atomic E-state index is 9.37. The van der Waals surface area contributed by atoms with Gasteiger partial charge in [-0.25, -0.2) is 0 Å². The van der Waals surface area contributed by atoms with Crippen molar-refractivity contribution in [2.75, 3.05) is 0 Å². The van der Waals surface area contributed by atoms with Crippen molar-refractivity contribution < 1.29 is 22.7 Å². The molecule has 0 aromatic carbocycles. The van der Waals surface area contributed by atoms with E-state index in [4.69, 9.17) is 15.0 Å². The van der Waals surface area contributed by atoms with Gasteiger partial charge in [-0.3, -0.25) is 9.59 Å². The van der Waals surface area contributed by atoms with E-state index in [-0.39, 0.29) is 53.2 Å². The molecule has 0 aliphatic rings. The molecule has 0 fully saturated rings. The summed E-state index contributed by atoms with van der Waals surface area (Å²) in [7, 11) is 0. The maximum atomic E-state index is 9.37. The third-order valence-electron chi connectivity index (χ3n) is 0.302. The fourth-order valence-electron chi connectivity index (χ4n) is 0. The summed E-state index contributed by atoms with van der Waals surface area (Å²) >= 11 is 0. The first-order chi connectivity index (χ1) is 4.00. The molecule has 0 aliphatic carbocycles. The van der Waals surface area contributed by atoms with Crippen LogP contribution in [0.5, 0.6) is 0 Å². The fourth-order valence-corrected chi connectivity index (χ4v) is 0. The molecule has 0 atom stereocenters. The van der Waals surface area contributed by atoms with Crippen LogP contribution in [-0.4, -0.2) is 59.9 Å². The summed E-state index contributed by atoms with van der Waals surface area (Å²) in [5.74, 6) is -1.58. The summed E-state index contributed by atoms with van der Waals surface area (Å²) in [4.78, 5) is 18.4. The minimum absolute atomic E-state index is 0. The van der Waals surface area contributed by atoms with Crippen LogP contribution >= 0.6 is 0 Å². The van der Waals surface area contributed by atoms with Crippen molar-refractivity contribution in [3.05, 3.63) is 0 Å². The van der Waals surface area contributed by atoms with E-state index < -0.39 is 11.9 Å². The Kier molecular flexibility index (Phi) is 34.0. The van der Waals surface area contributed by atoms with Crippen molar-refractivity contribution >= 4 is 49.7 Å². The largest absolute Gasteiger partial charge is 2.00 e. The molecule has 0 spiro atoms. The fraction of sp³-hybridized carbons (Fsp3) is 0.600. The van der Waals surface area contributed by atoms with Gasteiger partial charge in [0.25, 0.3) is 5.97 Å². The molecule has 11 heavy (non-hydrogen) atoms. The molecule has 66 valence electrons. The number of carboxylic acids is 2. The van der Waals surface area contributed by atoms with Crippen LogP contribution in [0.4, 0.5) is 0 Å². The van der Waals surface area contributed by atoms with E-state index in [2.05, 4.69) is 0 Å². The first-order valence-corrected chi connectivity index (χ1v) is 2.42. The number of hydrogen-bond donors (Lipinski definition) is 3. The van der Waals surface area contributed by atoms with Crippen LogP contribution in [-0.2, 0) is 9.59 Å². The van der Waals surface area contributed by atoms with Crippen LogP contribution in [0, 0.1) is 0 Å².